The monoisotopic (exact) mass is 703 g/mol. The number of nitrogens with zero attached hydrogens (tertiary/aromatic N) is 1. The minimum Gasteiger partial charge on any atom is -0.393 e. The Kier molecular flexibility index (Phi) is 7.89. The molecular weight excluding hydrogens is 660 g/mol. The number of Topliss-reactive ketones (excluding diaryl/α,β-unsaturated/α-hetero) is 1. The maximum Gasteiger partial charge on any atom is 0.416 e. The van der Waals surface area contributed by atoms with E-state index in [4.69, 9.17) is 0 Å². The molecule has 11 heteroatoms. The summed E-state index contributed by atoms with van der Waals surface area (Å²) in [7, 11) is -3.86. The molecule has 2 spiro atoms. The summed E-state index contributed by atoms with van der Waals surface area (Å²) in [6.07, 6.45) is 5.57. The second-order valence-corrected chi connectivity index (χ2v) is 18.6. The molecule has 2 bridgehead atoms. The molecule has 48 heavy (non-hydrogen) atoms. The number of aliphatic hydroxyl groups excluding tert-OH is 1. The lowest BCUT2D eigenvalue weighted by molar-refractivity contribution is -0.173. The quantitative estimate of drug-likeness (QED) is 0.218. The standard InChI is InChI=1S/C37H44F3NO5S2/c1-4-18-41(48(45,46)30-9-6-19-47-30)23-35(44)15-12-29-33(35,3)14-11-28-32(2)13-10-26(42)21-34(32)16-17-36(28,29)27(22-34)31(43)24-7-5-8-25(20-24)37(38,39)40/h5-9,16-17,19-20,22,26,28-29,42,44H,4,10-15,18,21,23H2,1-3H3/t26?,28-,29-,32-,33+,34+,35-,36-/m1/s1. The van der Waals surface area contributed by atoms with Gasteiger partial charge in [0.25, 0.3) is 10.0 Å². The summed E-state index contributed by atoms with van der Waals surface area (Å²) in [6, 6.07) is 7.88. The highest BCUT2D eigenvalue weighted by atomic mass is 32.2. The zero-order chi connectivity index (χ0) is 34.5. The minimum absolute atomic E-state index is 0.0312. The summed E-state index contributed by atoms with van der Waals surface area (Å²) in [6.45, 7) is 6.35. The number of carbonyl (C=O) groups is 1. The smallest absolute Gasteiger partial charge is 0.393 e. The number of sulfonamides is 1. The van der Waals surface area contributed by atoms with Gasteiger partial charge in [-0.1, -0.05) is 57.2 Å². The SMILES string of the molecule is CCCN(C[C@]1(O)CC[C@H]2[C@]34C=C[C@@]5(C=C3C(=O)c3cccc(C(F)(F)F)c3)CC(O)CC[C@]5(C)[C@H]4CC[C@@]21C)S(=O)(=O)c1cccs1. The summed E-state index contributed by atoms with van der Waals surface area (Å²) in [5, 5.41) is 25.3. The first-order chi connectivity index (χ1) is 22.5. The molecule has 1 aromatic carbocycles. The Bertz CT molecular complexity index is 1790. The lowest BCUT2D eigenvalue weighted by Crippen LogP contribution is -2.67. The van der Waals surface area contributed by atoms with Gasteiger partial charge in [0.05, 0.1) is 17.3 Å². The van der Waals surface area contributed by atoms with Gasteiger partial charge < -0.3 is 10.2 Å². The highest BCUT2D eigenvalue weighted by Gasteiger charge is 2.74. The molecule has 1 aromatic heterocycles. The minimum atomic E-state index is -4.61. The Morgan fingerprint density at radius 3 is 2.42 bits per heavy atom. The van der Waals surface area contributed by atoms with E-state index >= 15 is 0 Å². The maximum atomic E-state index is 14.7. The Labute approximate surface area is 284 Å². The van der Waals surface area contributed by atoms with Gasteiger partial charge in [-0.25, -0.2) is 8.42 Å². The second kappa shape index (κ2) is 11.1. The fraction of sp³-hybridized carbons (Fsp3) is 0.595. The van der Waals surface area contributed by atoms with Crippen LogP contribution >= 0.6 is 11.3 Å². The van der Waals surface area contributed by atoms with E-state index in [1.54, 1.807) is 17.5 Å². The largest absolute Gasteiger partial charge is 0.416 e. The van der Waals surface area contributed by atoms with Crippen LogP contribution in [-0.4, -0.2) is 53.5 Å². The number of rotatable bonds is 8. The summed E-state index contributed by atoms with van der Waals surface area (Å²) in [4.78, 5) is 14.7. The topological polar surface area (TPSA) is 94.9 Å². The van der Waals surface area contributed by atoms with Gasteiger partial charge in [-0.2, -0.15) is 17.5 Å². The van der Waals surface area contributed by atoms with E-state index in [9.17, 15) is 36.6 Å². The average molecular weight is 704 g/mol. The van der Waals surface area contributed by atoms with Crippen molar-refractivity contribution in [2.24, 2.45) is 33.5 Å². The summed E-state index contributed by atoms with van der Waals surface area (Å²) < 4.78 is 70.7. The highest BCUT2D eigenvalue weighted by Crippen LogP contribution is 2.78. The van der Waals surface area contributed by atoms with Gasteiger partial charge >= 0.3 is 6.18 Å². The van der Waals surface area contributed by atoms with Crippen molar-refractivity contribution in [1.29, 1.82) is 0 Å². The Morgan fingerprint density at radius 1 is 1.02 bits per heavy atom. The van der Waals surface area contributed by atoms with Crippen LogP contribution in [0.2, 0.25) is 0 Å². The third-order valence-electron chi connectivity index (χ3n) is 13.4. The maximum absolute atomic E-state index is 14.7. The second-order valence-electron chi connectivity index (χ2n) is 15.5. The van der Waals surface area contributed by atoms with E-state index in [1.807, 2.05) is 19.9 Å². The van der Waals surface area contributed by atoms with Crippen molar-refractivity contribution in [3.05, 3.63) is 76.7 Å². The molecule has 8 atom stereocenters. The fourth-order valence-corrected chi connectivity index (χ4v) is 13.7. The highest BCUT2D eigenvalue weighted by molar-refractivity contribution is 7.91. The number of hydrogen-bond donors (Lipinski definition) is 2. The lowest BCUT2D eigenvalue weighted by atomic mass is 9.32. The molecule has 2 N–H and O–H groups in total. The third-order valence-corrected chi connectivity index (χ3v) is 16.6. The van der Waals surface area contributed by atoms with Gasteiger partial charge in [-0.3, -0.25) is 4.79 Å². The van der Waals surface area contributed by atoms with Gasteiger partial charge in [0.2, 0.25) is 0 Å². The van der Waals surface area contributed by atoms with Crippen LogP contribution < -0.4 is 0 Å². The van der Waals surface area contributed by atoms with E-state index in [1.165, 1.54) is 16.4 Å². The fourth-order valence-electron chi connectivity index (χ4n) is 11.0. The Balaban J connectivity index is 1.35. The molecule has 0 aliphatic heterocycles. The van der Waals surface area contributed by atoms with E-state index in [0.717, 1.165) is 29.9 Å². The number of benzene rings is 1. The molecule has 8 rings (SSSR count). The van der Waals surface area contributed by atoms with Gasteiger partial charge in [-0.05, 0) is 92.2 Å². The first-order valence-corrected chi connectivity index (χ1v) is 19.4. The van der Waals surface area contributed by atoms with Crippen molar-refractivity contribution >= 4 is 27.1 Å². The van der Waals surface area contributed by atoms with Gasteiger partial charge in [0, 0.05) is 40.5 Å². The molecule has 6 nitrogen and oxygen atoms in total. The van der Waals surface area contributed by atoms with Crippen LogP contribution in [0.4, 0.5) is 13.2 Å². The molecule has 3 fully saturated rings. The molecule has 1 heterocycles. The van der Waals surface area contributed by atoms with Crippen LogP contribution in [0, 0.1) is 33.5 Å². The molecule has 0 radical (unpaired) electrons. The van der Waals surface area contributed by atoms with Crippen LogP contribution in [0.15, 0.2) is 69.8 Å². The van der Waals surface area contributed by atoms with Crippen molar-refractivity contribution in [3.63, 3.8) is 0 Å². The molecule has 6 aliphatic rings. The van der Waals surface area contributed by atoms with E-state index in [2.05, 4.69) is 19.1 Å². The van der Waals surface area contributed by atoms with Gasteiger partial charge in [-0.15, -0.1) is 11.3 Å². The van der Waals surface area contributed by atoms with Gasteiger partial charge in [0.1, 0.15) is 4.21 Å². The number of carbonyl (C=O) groups excluding carboxylic acids is 1. The van der Waals surface area contributed by atoms with Crippen LogP contribution in [0.3, 0.4) is 0 Å². The molecule has 3 saturated carbocycles. The zero-order valence-corrected chi connectivity index (χ0v) is 29.2. The van der Waals surface area contributed by atoms with Crippen LogP contribution in [0.5, 0.6) is 0 Å². The number of alkyl halides is 3. The number of thiophene rings is 1. The molecule has 2 aromatic rings. The Morgan fingerprint density at radius 2 is 1.73 bits per heavy atom. The molecule has 6 aliphatic carbocycles. The van der Waals surface area contributed by atoms with Crippen LogP contribution in [0.1, 0.15) is 88.1 Å². The zero-order valence-electron chi connectivity index (χ0n) is 27.6. The summed E-state index contributed by atoms with van der Waals surface area (Å²) >= 11 is 1.15. The number of fused-ring (bicyclic) bond motifs is 1. The number of halogens is 3. The number of aliphatic hydroxyl groups is 2. The van der Waals surface area contributed by atoms with Crippen molar-refractivity contribution in [3.8, 4) is 0 Å². The summed E-state index contributed by atoms with van der Waals surface area (Å²) in [5.74, 6) is -0.760. The van der Waals surface area contributed by atoms with Gasteiger partial charge in [0.15, 0.2) is 5.78 Å². The van der Waals surface area contributed by atoms with E-state index in [0.29, 0.717) is 50.5 Å². The molecular formula is C37H44F3NO5S2. The molecule has 260 valence electrons. The third kappa shape index (κ3) is 4.59. The predicted molar refractivity (Wildman–Crippen MR) is 178 cm³/mol. The van der Waals surface area contributed by atoms with Crippen molar-refractivity contribution in [2.45, 2.75) is 94.2 Å². The van der Waals surface area contributed by atoms with E-state index in [-0.39, 0.29) is 40.1 Å². The first kappa shape index (κ1) is 34.2. The lowest BCUT2D eigenvalue weighted by Gasteiger charge is -2.71. The molecule has 0 saturated heterocycles. The normalized spacial score (nSPS) is 38.8. The molecule has 0 amide bonds. The van der Waals surface area contributed by atoms with Crippen molar-refractivity contribution in [2.75, 3.05) is 13.1 Å². The number of ketones is 1. The predicted octanol–water partition coefficient (Wildman–Crippen LogP) is 7.64. The number of hydrogen-bond acceptors (Lipinski definition) is 6. The molecule has 1 unspecified atom stereocenters. The first-order valence-electron chi connectivity index (χ1n) is 17.1. The van der Waals surface area contributed by atoms with Crippen molar-refractivity contribution in [1.82, 2.24) is 4.31 Å². The summed E-state index contributed by atoms with van der Waals surface area (Å²) in [5.41, 5.74) is -4.46. The van der Waals surface area contributed by atoms with Crippen LogP contribution in [-0.2, 0) is 16.2 Å². The van der Waals surface area contributed by atoms with Crippen LogP contribution in [0.25, 0.3) is 0 Å². The number of allylic oxidation sites excluding steroid dienone is 4. The average Bonchev–Trinajstić information content (AvgIpc) is 3.67. The van der Waals surface area contributed by atoms with Crippen molar-refractivity contribution < 1.29 is 36.6 Å². The van der Waals surface area contributed by atoms with E-state index < -0.39 is 55.5 Å². The Hall–Kier alpha value is -2.31.